The van der Waals surface area contributed by atoms with Gasteiger partial charge in [-0.15, -0.1) is 0 Å². The summed E-state index contributed by atoms with van der Waals surface area (Å²) in [4.78, 5) is 23.5. The van der Waals surface area contributed by atoms with E-state index in [1.54, 1.807) is 18.2 Å². The standard InChI is InChI=1S/C20H16Cl2N4O4S/c21-17-8-7-16(11-18(17)22)31(29,30)26-15-6-1-3-12(9-15)19(27)24-13-4-2-5-14(10-13)25-20(23)28/h1-11,26H,(H,24,27)(H3,23,25,28). The van der Waals surface area contributed by atoms with E-state index >= 15 is 0 Å². The zero-order chi connectivity index (χ0) is 22.6. The molecule has 5 N–H and O–H groups in total. The van der Waals surface area contributed by atoms with Crippen LogP contribution in [0, 0.1) is 0 Å². The van der Waals surface area contributed by atoms with Gasteiger partial charge in [0.2, 0.25) is 0 Å². The maximum atomic E-state index is 12.6. The average Bonchev–Trinajstić information content (AvgIpc) is 2.69. The topological polar surface area (TPSA) is 130 Å². The Bertz CT molecular complexity index is 1270. The van der Waals surface area contributed by atoms with Crippen LogP contribution >= 0.6 is 23.2 Å². The van der Waals surface area contributed by atoms with Gasteiger partial charge in [0.25, 0.3) is 15.9 Å². The number of anilines is 3. The van der Waals surface area contributed by atoms with E-state index in [0.29, 0.717) is 11.4 Å². The van der Waals surface area contributed by atoms with Crippen molar-refractivity contribution in [3.8, 4) is 0 Å². The number of hydrogen-bond donors (Lipinski definition) is 4. The number of urea groups is 1. The molecule has 3 amide bonds. The molecule has 3 aromatic carbocycles. The summed E-state index contributed by atoms with van der Waals surface area (Å²) in [7, 11) is -3.95. The normalized spacial score (nSPS) is 10.9. The predicted molar refractivity (Wildman–Crippen MR) is 121 cm³/mol. The number of amides is 3. The highest BCUT2D eigenvalue weighted by Crippen LogP contribution is 2.26. The lowest BCUT2D eigenvalue weighted by molar-refractivity contribution is 0.102. The Kier molecular flexibility index (Phi) is 6.69. The number of benzene rings is 3. The van der Waals surface area contributed by atoms with E-state index in [9.17, 15) is 18.0 Å². The van der Waals surface area contributed by atoms with Crippen LogP contribution in [0.3, 0.4) is 0 Å². The maximum absolute atomic E-state index is 12.6. The van der Waals surface area contributed by atoms with Gasteiger partial charge >= 0.3 is 6.03 Å². The SMILES string of the molecule is NC(=O)Nc1cccc(NC(=O)c2cccc(NS(=O)(=O)c3ccc(Cl)c(Cl)c3)c2)c1. The Hall–Kier alpha value is -3.27. The summed E-state index contributed by atoms with van der Waals surface area (Å²) >= 11 is 11.7. The number of rotatable bonds is 6. The van der Waals surface area contributed by atoms with Crippen molar-refractivity contribution in [2.75, 3.05) is 15.4 Å². The van der Waals surface area contributed by atoms with Gasteiger partial charge in [-0.2, -0.15) is 0 Å². The Balaban J connectivity index is 1.77. The first-order valence-corrected chi connectivity index (χ1v) is 10.9. The van der Waals surface area contributed by atoms with Crippen LogP contribution in [0.5, 0.6) is 0 Å². The quantitative estimate of drug-likeness (QED) is 0.414. The second kappa shape index (κ2) is 9.25. The molecule has 31 heavy (non-hydrogen) atoms. The van der Waals surface area contributed by atoms with Gasteiger partial charge in [-0.1, -0.05) is 35.3 Å². The van der Waals surface area contributed by atoms with E-state index in [4.69, 9.17) is 28.9 Å². The minimum atomic E-state index is -3.95. The van der Waals surface area contributed by atoms with Gasteiger partial charge in [-0.25, -0.2) is 13.2 Å². The van der Waals surface area contributed by atoms with Crippen molar-refractivity contribution in [1.29, 1.82) is 0 Å². The lowest BCUT2D eigenvalue weighted by Crippen LogP contribution is -2.19. The second-order valence-electron chi connectivity index (χ2n) is 6.29. The van der Waals surface area contributed by atoms with Crippen LogP contribution in [0.2, 0.25) is 10.0 Å². The number of hydrogen-bond acceptors (Lipinski definition) is 4. The number of primary amides is 1. The highest BCUT2D eigenvalue weighted by atomic mass is 35.5. The summed E-state index contributed by atoms with van der Waals surface area (Å²) in [6.07, 6.45) is 0. The molecule has 0 aliphatic carbocycles. The fourth-order valence-corrected chi connectivity index (χ4v) is 4.04. The number of sulfonamides is 1. The molecule has 0 heterocycles. The molecule has 0 unspecified atom stereocenters. The average molecular weight is 479 g/mol. The first kappa shape index (κ1) is 22.4. The summed E-state index contributed by atoms with van der Waals surface area (Å²) in [6, 6.07) is 15.5. The Morgan fingerprint density at radius 2 is 1.42 bits per heavy atom. The lowest BCUT2D eigenvalue weighted by atomic mass is 10.2. The molecule has 0 bridgehead atoms. The number of halogens is 2. The van der Waals surface area contributed by atoms with Crippen LogP contribution in [0.1, 0.15) is 10.4 Å². The minimum Gasteiger partial charge on any atom is -0.351 e. The summed E-state index contributed by atoms with van der Waals surface area (Å²) in [5.41, 5.74) is 6.30. The summed E-state index contributed by atoms with van der Waals surface area (Å²) in [5, 5.41) is 5.41. The monoisotopic (exact) mass is 478 g/mol. The molecule has 3 aromatic rings. The summed E-state index contributed by atoms with van der Waals surface area (Å²) in [6.45, 7) is 0. The molecule has 0 radical (unpaired) electrons. The molecular weight excluding hydrogens is 463 g/mol. The van der Waals surface area contributed by atoms with Crippen LogP contribution in [0.25, 0.3) is 0 Å². The van der Waals surface area contributed by atoms with Crippen molar-refractivity contribution >= 4 is 62.2 Å². The molecule has 3 rings (SSSR count). The molecule has 0 spiro atoms. The first-order valence-electron chi connectivity index (χ1n) is 8.70. The number of nitrogens with one attached hydrogen (secondary N) is 3. The Morgan fingerprint density at radius 1 is 0.774 bits per heavy atom. The molecule has 0 atom stereocenters. The van der Waals surface area contributed by atoms with Crippen LogP contribution < -0.4 is 21.1 Å². The molecule has 0 aromatic heterocycles. The fourth-order valence-electron chi connectivity index (χ4n) is 2.60. The molecule has 0 saturated heterocycles. The van der Waals surface area contributed by atoms with Gasteiger partial charge in [-0.05, 0) is 54.6 Å². The van der Waals surface area contributed by atoms with Crippen LogP contribution in [-0.2, 0) is 10.0 Å². The molecule has 0 saturated carbocycles. The van der Waals surface area contributed by atoms with Crippen molar-refractivity contribution in [2.45, 2.75) is 4.90 Å². The molecule has 0 aliphatic heterocycles. The maximum Gasteiger partial charge on any atom is 0.316 e. The molecule has 11 heteroatoms. The van der Waals surface area contributed by atoms with Crippen LogP contribution in [-0.4, -0.2) is 20.4 Å². The Morgan fingerprint density at radius 3 is 2.10 bits per heavy atom. The van der Waals surface area contributed by atoms with E-state index < -0.39 is 22.0 Å². The van der Waals surface area contributed by atoms with Crippen LogP contribution in [0.15, 0.2) is 71.6 Å². The predicted octanol–water partition coefficient (Wildman–Crippen LogP) is 4.54. The number of carbonyl (C=O) groups excluding carboxylic acids is 2. The smallest absolute Gasteiger partial charge is 0.316 e. The van der Waals surface area contributed by atoms with Gasteiger partial charge in [0.15, 0.2) is 0 Å². The van der Waals surface area contributed by atoms with E-state index in [2.05, 4.69) is 15.4 Å². The molecule has 0 aliphatic rings. The van der Waals surface area contributed by atoms with Gasteiger partial charge in [-0.3, -0.25) is 9.52 Å². The van der Waals surface area contributed by atoms with E-state index in [1.807, 2.05) is 0 Å². The zero-order valence-corrected chi connectivity index (χ0v) is 18.1. The largest absolute Gasteiger partial charge is 0.351 e. The van der Waals surface area contributed by atoms with E-state index in [-0.39, 0.29) is 26.2 Å². The van der Waals surface area contributed by atoms with Crippen molar-refractivity contribution in [3.05, 3.63) is 82.3 Å². The Labute approximate surface area is 188 Å². The van der Waals surface area contributed by atoms with Crippen molar-refractivity contribution < 1.29 is 18.0 Å². The minimum absolute atomic E-state index is 0.0736. The van der Waals surface area contributed by atoms with Gasteiger partial charge in [0.05, 0.1) is 14.9 Å². The first-order chi connectivity index (χ1) is 14.6. The van der Waals surface area contributed by atoms with Gasteiger partial charge in [0.1, 0.15) is 0 Å². The van der Waals surface area contributed by atoms with Gasteiger partial charge < -0.3 is 16.4 Å². The third-order valence-corrected chi connectivity index (χ3v) is 6.08. The van der Waals surface area contributed by atoms with Crippen molar-refractivity contribution in [3.63, 3.8) is 0 Å². The van der Waals surface area contributed by atoms with E-state index in [0.717, 1.165) is 0 Å². The molecule has 0 fully saturated rings. The van der Waals surface area contributed by atoms with Crippen molar-refractivity contribution in [2.24, 2.45) is 5.73 Å². The molecular formula is C20H16Cl2N4O4S. The molecule has 160 valence electrons. The highest BCUT2D eigenvalue weighted by Gasteiger charge is 2.17. The van der Waals surface area contributed by atoms with E-state index in [1.165, 1.54) is 48.5 Å². The summed E-state index contributed by atoms with van der Waals surface area (Å²) in [5.74, 6) is -0.480. The lowest BCUT2D eigenvalue weighted by Gasteiger charge is -2.11. The number of carbonyl (C=O) groups is 2. The van der Waals surface area contributed by atoms with Crippen LogP contribution in [0.4, 0.5) is 21.9 Å². The second-order valence-corrected chi connectivity index (χ2v) is 8.78. The third kappa shape index (κ3) is 5.88. The van der Waals surface area contributed by atoms with Crippen molar-refractivity contribution in [1.82, 2.24) is 0 Å². The molecule has 8 nitrogen and oxygen atoms in total. The fraction of sp³-hybridized carbons (Fsp3) is 0. The van der Waals surface area contributed by atoms with Gasteiger partial charge in [0, 0.05) is 22.6 Å². The summed E-state index contributed by atoms with van der Waals surface area (Å²) < 4.78 is 27.6. The number of nitrogens with two attached hydrogens (primary N) is 1. The highest BCUT2D eigenvalue weighted by molar-refractivity contribution is 7.92. The zero-order valence-electron chi connectivity index (χ0n) is 15.7. The third-order valence-electron chi connectivity index (χ3n) is 3.97.